The predicted octanol–water partition coefficient (Wildman–Crippen LogP) is 5.96. The Bertz CT molecular complexity index is 662. The van der Waals surface area contributed by atoms with Gasteiger partial charge in [-0.2, -0.15) is 0 Å². The summed E-state index contributed by atoms with van der Waals surface area (Å²) >= 11 is 0. The van der Waals surface area contributed by atoms with Crippen LogP contribution in [0.15, 0.2) is 48.5 Å². The molecule has 3 rings (SSSR count). The SMILES string of the molecule is CCC(=O)Oc1ccc(-c2ccc(C3CCC(C)CC3)cc2)cc1. The second kappa shape index (κ2) is 7.65. The summed E-state index contributed by atoms with van der Waals surface area (Å²) in [5.41, 5.74) is 3.82. The van der Waals surface area contributed by atoms with Crippen molar-refractivity contribution in [2.24, 2.45) is 5.92 Å². The third-order valence-corrected chi connectivity index (χ3v) is 5.11. The van der Waals surface area contributed by atoms with Crippen LogP contribution in [0, 0.1) is 5.92 Å². The highest BCUT2D eigenvalue weighted by Gasteiger charge is 2.19. The Labute approximate surface area is 144 Å². The van der Waals surface area contributed by atoms with Crippen LogP contribution in [-0.2, 0) is 4.79 Å². The van der Waals surface area contributed by atoms with Gasteiger partial charge in [-0.1, -0.05) is 63.1 Å². The first-order chi connectivity index (χ1) is 11.7. The molecule has 2 aromatic carbocycles. The first-order valence-electron chi connectivity index (χ1n) is 9.06. The van der Waals surface area contributed by atoms with Crippen LogP contribution in [0.5, 0.6) is 5.75 Å². The van der Waals surface area contributed by atoms with Crippen molar-refractivity contribution in [3.63, 3.8) is 0 Å². The predicted molar refractivity (Wildman–Crippen MR) is 98.2 cm³/mol. The molecule has 0 amide bonds. The van der Waals surface area contributed by atoms with Gasteiger partial charge in [0, 0.05) is 6.42 Å². The molecule has 0 aliphatic heterocycles. The Hall–Kier alpha value is -2.09. The van der Waals surface area contributed by atoms with E-state index in [1.165, 1.54) is 36.8 Å². The van der Waals surface area contributed by atoms with Gasteiger partial charge >= 0.3 is 5.97 Å². The van der Waals surface area contributed by atoms with Crippen LogP contribution < -0.4 is 4.74 Å². The normalized spacial score (nSPS) is 20.6. The molecule has 0 radical (unpaired) electrons. The van der Waals surface area contributed by atoms with Gasteiger partial charge in [0.25, 0.3) is 0 Å². The topological polar surface area (TPSA) is 26.3 Å². The average Bonchev–Trinajstić information content (AvgIpc) is 2.63. The largest absolute Gasteiger partial charge is 0.427 e. The van der Waals surface area contributed by atoms with Crippen molar-refractivity contribution < 1.29 is 9.53 Å². The van der Waals surface area contributed by atoms with Gasteiger partial charge in [0.05, 0.1) is 0 Å². The Balaban J connectivity index is 1.68. The average molecular weight is 322 g/mol. The Morgan fingerprint density at radius 3 is 2.00 bits per heavy atom. The van der Waals surface area contributed by atoms with Crippen molar-refractivity contribution in [3.05, 3.63) is 54.1 Å². The van der Waals surface area contributed by atoms with Crippen LogP contribution in [-0.4, -0.2) is 5.97 Å². The summed E-state index contributed by atoms with van der Waals surface area (Å²) in [6.07, 6.45) is 5.73. The van der Waals surface area contributed by atoms with E-state index in [9.17, 15) is 4.79 Å². The number of hydrogen-bond acceptors (Lipinski definition) is 2. The monoisotopic (exact) mass is 322 g/mol. The van der Waals surface area contributed by atoms with Crippen molar-refractivity contribution in [1.82, 2.24) is 0 Å². The van der Waals surface area contributed by atoms with Crippen molar-refractivity contribution in [3.8, 4) is 16.9 Å². The molecule has 0 saturated heterocycles. The lowest BCUT2D eigenvalue weighted by molar-refractivity contribution is -0.134. The van der Waals surface area contributed by atoms with Gasteiger partial charge in [-0.15, -0.1) is 0 Å². The van der Waals surface area contributed by atoms with Crippen LogP contribution in [0.3, 0.4) is 0 Å². The van der Waals surface area contributed by atoms with E-state index < -0.39 is 0 Å². The number of benzene rings is 2. The zero-order valence-corrected chi connectivity index (χ0v) is 14.6. The quantitative estimate of drug-likeness (QED) is 0.512. The van der Waals surface area contributed by atoms with E-state index in [1.807, 2.05) is 24.3 Å². The van der Waals surface area contributed by atoms with E-state index in [2.05, 4.69) is 31.2 Å². The van der Waals surface area contributed by atoms with Crippen LogP contribution in [0.4, 0.5) is 0 Å². The van der Waals surface area contributed by atoms with E-state index in [4.69, 9.17) is 4.74 Å². The highest BCUT2D eigenvalue weighted by atomic mass is 16.5. The lowest BCUT2D eigenvalue weighted by Gasteiger charge is -2.26. The Morgan fingerprint density at radius 2 is 1.46 bits per heavy atom. The van der Waals surface area contributed by atoms with Crippen LogP contribution in [0.1, 0.15) is 57.4 Å². The molecule has 0 heterocycles. The summed E-state index contributed by atoms with van der Waals surface area (Å²) in [6, 6.07) is 16.7. The van der Waals surface area contributed by atoms with Gasteiger partial charge < -0.3 is 4.74 Å². The highest BCUT2D eigenvalue weighted by Crippen LogP contribution is 2.36. The maximum Gasteiger partial charge on any atom is 0.310 e. The molecule has 1 saturated carbocycles. The third kappa shape index (κ3) is 4.05. The fourth-order valence-corrected chi connectivity index (χ4v) is 3.46. The lowest BCUT2D eigenvalue weighted by Crippen LogP contribution is -2.10. The molecular formula is C22H26O2. The Kier molecular flexibility index (Phi) is 5.34. The second-order valence-electron chi connectivity index (χ2n) is 6.93. The minimum Gasteiger partial charge on any atom is -0.427 e. The number of carbonyl (C=O) groups excluding carboxylic acids is 1. The van der Waals surface area contributed by atoms with E-state index in [0.29, 0.717) is 12.2 Å². The number of carbonyl (C=O) groups is 1. The van der Waals surface area contributed by atoms with E-state index in [-0.39, 0.29) is 5.97 Å². The van der Waals surface area contributed by atoms with Crippen molar-refractivity contribution in [2.45, 2.75) is 51.9 Å². The zero-order chi connectivity index (χ0) is 16.9. The minimum absolute atomic E-state index is 0.200. The van der Waals surface area contributed by atoms with Crippen molar-refractivity contribution >= 4 is 5.97 Å². The molecule has 0 atom stereocenters. The molecule has 0 N–H and O–H groups in total. The lowest BCUT2D eigenvalue weighted by atomic mass is 9.79. The van der Waals surface area contributed by atoms with Gasteiger partial charge in [-0.25, -0.2) is 0 Å². The summed E-state index contributed by atoms with van der Waals surface area (Å²) in [4.78, 5) is 11.3. The maximum atomic E-state index is 11.3. The molecule has 2 aromatic rings. The summed E-state index contributed by atoms with van der Waals surface area (Å²) < 4.78 is 5.22. The standard InChI is InChI=1S/C22H26O2/c1-3-22(23)24-21-14-12-20(13-15-21)19-10-8-18(9-11-19)17-6-4-16(2)5-7-17/h8-17H,3-7H2,1-2H3. The molecule has 0 aromatic heterocycles. The summed E-state index contributed by atoms with van der Waals surface area (Å²) in [6.45, 7) is 4.16. The minimum atomic E-state index is -0.200. The molecular weight excluding hydrogens is 296 g/mol. The third-order valence-electron chi connectivity index (χ3n) is 5.11. The smallest absolute Gasteiger partial charge is 0.310 e. The molecule has 1 fully saturated rings. The van der Waals surface area contributed by atoms with Gasteiger partial charge in [0.2, 0.25) is 0 Å². The number of rotatable bonds is 4. The van der Waals surface area contributed by atoms with Crippen molar-refractivity contribution in [2.75, 3.05) is 0 Å². The van der Waals surface area contributed by atoms with E-state index >= 15 is 0 Å². The van der Waals surface area contributed by atoms with Gasteiger partial charge in [-0.05, 0) is 53.5 Å². The van der Waals surface area contributed by atoms with E-state index in [1.54, 1.807) is 6.92 Å². The van der Waals surface area contributed by atoms with Gasteiger partial charge in [0.1, 0.15) is 5.75 Å². The number of hydrogen-bond donors (Lipinski definition) is 0. The van der Waals surface area contributed by atoms with Crippen LogP contribution in [0.25, 0.3) is 11.1 Å². The summed E-state index contributed by atoms with van der Waals surface area (Å²) in [7, 11) is 0. The molecule has 126 valence electrons. The second-order valence-corrected chi connectivity index (χ2v) is 6.93. The molecule has 0 spiro atoms. The van der Waals surface area contributed by atoms with Crippen LogP contribution in [0.2, 0.25) is 0 Å². The molecule has 0 unspecified atom stereocenters. The summed E-state index contributed by atoms with van der Waals surface area (Å²) in [5, 5.41) is 0. The van der Waals surface area contributed by atoms with E-state index in [0.717, 1.165) is 17.4 Å². The fraction of sp³-hybridized carbons (Fsp3) is 0.409. The number of esters is 1. The zero-order valence-electron chi connectivity index (χ0n) is 14.6. The molecule has 2 heteroatoms. The first-order valence-corrected chi connectivity index (χ1v) is 9.06. The maximum absolute atomic E-state index is 11.3. The molecule has 1 aliphatic carbocycles. The first kappa shape index (κ1) is 16.8. The van der Waals surface area contributed by atoms with Gasteiger partial charge in [0.15, 0.2) is 0 Å². The molecule has 2 nitrogen and oxygen atoms in total. The summed E-state index contributed by atoms with van der Waals surface area (Å²) in [5.74, 6) is 2.03. The van der Waals surface area contributed by atoms with Gasteiger partial charge in [-0.3, -0.25) is 4.79 Å². The van der Waals surface area contributed by atoms with Crippen LogP contribution >= 0.6 is 0 Å². The molecule has 0 bridgehead atoms. The molecule has 24 heavy (non-hydrogen) atoms. The highest BCUT2D eigenvalue weighted by molar-refractivity contribution is 5.72. The number of ether oxygens (including phenoxy) is 1. The fourth-order valence-electron chi connectivity index (χ4n) is 3.46. The van der Waals surface area contributed by atoms with Crippen molar-refractivity contribution in [1.29, 1.82) is 0 Å². The Morgan fingerprint density at radius 1 is 0.917 bits per heavy atom. The molecule has 1 aliphatic rings.